The largest absolute Gasteiger partial charge is 0.459 e. The molecule has 0 aliphatic heterocycles. The molecule has 2 aromatic rings. The highest BCUT2D eigenvalue weighted by atomic mass is 79.9. The van der Waals surface area contributed by atoms with Crippen LogP contribution in [0.25, 0.3) is 0 Å². The van der Waals surface area contributed by atoms with Gasteiger partial charge in [0.25, 0.3) is 5.91 Å². The summed E-state index contributed by atoms with van der Waals surface area (Å²) in [5, 5.41) is 4.12. The number of hydrazone groups is 1. The van der Waals surface area contributed by atoms with Gasteiger partial charge in [0.2, 0.25) is 10.0 Å². The number of carbonyl (C=O) groups excluding carboxylic acids is 1. The van der Waals surface area contributed by atoms with E-state index in [0.717, 1.165) is 15.0 Å². The van der Waals surface area contributed by atoms with Gasteiger partial charge in [-0.2, -0.15) is 5.10 Å². The first-order valence-corrected chi connectivity index (χ1v) is 10.00. The molecule has 0 saturated heterocycles. The molecule has 0 bridgehead atoms. The van der Waals surface area contributed by atoms with Crippen molar-refractivity contribution in [2.24, 2.45) is 5.10 Å². The average Bonchev–Trinajstić information content (AvgIpc) is 2.82. The highest BCUT2D eigenvalue weighted by Crippen LogP contribution is 2.21. The van der Waals surface area contributed by atoms with E-state index in [1.54, 1.807) is 31.2 Å². The van der Waals surface area contributed by atoms with E-state index in [0.29, 0.717) is 22.2 Å². The van der Waals surface area contributed by atoms with Crippen LogP contribution in [-0.2, 0) is 14.8 Å². The van der Waals surface area contributed by atoms with Gasteiger partial charge in [-0.1, -0.05) is 17.7 Å². The van der Waals surface area contributed by atoms with Gasteiger partial charge in [0.1, 0.15) is 18.1 Å². The van der Waals surface area contributed by atoms with E-state index in [2.05, 4.69) is 26.5 Å². The number of anilines is 1. The van der Waals surface area contributed by atoms with E-state index >= 15 is 0 Å². The average molecular weight is 449 g/mol. The molecule has 0 spiro atoms. The highest BCUT2D eigenvalue weighted by Gasteiger charge is 2.20. The lowest BCUT2D eigenvalue weighted by Crippen LogP contribution is -2.39. The summed E-state index contributed by atoms with van der Waals surface area (Å²) in [6.07, 6.45) is 2.33. The number of nitrogens with zero attached hydrogens (tertiary/aromatic N) is 2. The number of benzene rings is 1. The second-order valence-electron chi connectivity index (χ2n) is 5.10. The van der Waals surface area contributed by atoms with Crippen LogP contribution < -0.4 is 9.73 Å². The summed E-state index contributed by atoms with van der Waals surface area (Å²) in [6.45, 7) is 1.34. The standard InChI is InChI=1S/C15H15BrClN3O4S/c1-10-14(16)7-13(24-10)8-18-19-15(21)9-20(25(2,22)23)12-5-3-4-11(17)6-12/h3-8H,9H2,1-2H3,(H,19,21)/b18-8-. The molecular formula is C15H15BrClN3O4S. The summed E-state index contributed by atoms with van der Waals surface area (Å²) in [7, 11) is -3.67. The maximum absolute atomic E-state index is 12.0. The highest BCUT2D eigenvalue weighted by molar-refractivity contribution is 9.10. The minimum Gasteiger partial charge on any atom is -0.459 e. The van der Waals surface area contributed by atoms with Gasteiger partial charge in [-0.3, -0.25) is 9.10 Å². The summed E-state index contributed by atoms with van der Waals surface area (Å²) >= 11 is 9.18. The number of carbonyl (C=O) groups is 1. The molecule has 10 heteroatoms. The number of sulfonamides is 1. The van der Waals surface area contributed by atoms with Crippen molar-refractivity contribution < 1.29 is 17.6 Å². The van der Waals surface area contributed by atoms with Crippen molar-refractivity contribution in [2.45, 2.75) is 6.92 Å². The maximum Gasteiger partial charge on any atom is 0.260 e. The van der Waals surface area contributed by atoms with Gasteiger partial charge in [-0.05, 0) is 41.1 Å². The van der Waals surface area contributed by atoms with Gasteiger partial charge in [-0.15, -0.1) is 0 Å². The number of halogens is 2. The molecule has 0 unspecified atom stereocenters. The first-order valence-electron chi connectivity index (χ1n) is 6.98. The molecule has 1 aromatic heterocycles. The van der Waals surface area contributed by atoms with Gasteiger partial charge in [0, 0.05) is 11.1 Å². The van der Waals surface area contributed by atoms with Gasteiger partial charge in [-0.25, -0.2) is 13.8 Å². The molecule has 0 radical (unpaired) electrons. The second-order valence-corrected chi connectivity index (χ2v) is 8.29. The van der Waals surface area contributed by atoms with Gasteiger partial charge in [0.05, 0.1) is 22.6 Å². The van der Waals surface area contributed by atoms with Crippen LogP contribution >= 0.6 is 27.5 Å². The van der Waals surface area contributed by atoms with E-state index in [9.17, 15) is 13.2 Å². The Bertz CT molecular complexity index is 892. The number of hydrogen-bond donors (Lipinski definition) is 1. The Hall–Kier alpha value is -1.84. The normalized spacial score (nSPS) is 11.7. The zero-order valence-electron chi connectivity index (χ0n) is 13.4. The van der Waals surface area contributed by atoms with Crippen molar-refractivity contribution in [2.75, 3.05) is 17.1 Å². The molecule has 0 aliphatic carbocycles. The van der Waals surface area contributed by atoms with Crippen LogP contribution in [0.4, 0.5) is 5.69 Å². The molecule has 1 amide bonds. The molecule has 7 nitrogen and oxygen atoms in total. The van der Waals surface area contributed by atoms with E-state index in [4.69, 9.17) is 16.0 Å². The van der Waals surface area contributed by atoms with E-state index in [-0.39, 0.29) is 0 Å². The van der Waals surface area contributed by atoms with Gasteiger partial charge >= 0.3 is 0 Å². The van der Waals surface area contributed by atoms with E-state index < -0.39 is 22.5 Å². The Morgan fingerprint density at radius 2 is 2.16 bits per heavy atom. The van der Waals surface area contributed by atoms with Crippen molar-refractivity contribution in [3.05, 3.63) is 51.3 Å². The molecular weight excluding hydrogens is 434 g/mol. The molecule has 0 aliphatic rings. The Labute approximate surface area is 158 Å². The Morgan fingerprint density at radius 3 is 2.72 bits per heavy atom. The number of aryl methyl sites for hydroxylation is 1. The van der Waals surface area contributed by atoms with Crippen molar-refractivity contribution in [1.82, 2.24) is 5.43 Å². The molecule has 0 fully saturated rings. The fourth-order valence-electron chi connectivity index (χ4n) is 1.91. The number of nitrogens with one attached hydrogen (secondary N) is 1. The Balaban J connectivity index is 2.07. The summed E-state index contributed by atoms with van der Waals surface area (Å²) in [5.74, 6) is 0.514. The summed E-state index contributed by atoms with van der Waals surface area (Å²) < 4.78 is 31.0. The lowest BCUT2D eigenvalue weighted by molar-refractivity contribution is -0.119. The predicted molar refractivity (Wildman–Crippen MR) is 101 cm³/mol. The fourth-order valence-corrected chi connectivity index (χ4v) is 3.25. The fraction of sp³-hybridized carbons (Fsp3) is 0.200. The summed E-state index contributed by atoms with van der Waals surface area (Å²) in [4.78, 5) is 12.0. The quantitative estimate of drug-likeness (QED) is 0.543. The predicted octanol–water partition coefficient (Wildman–Crippen LogP) is 2.92. The molecule has 25 heavy (non-hydrogen) atoms. The van der Waals surface area contributed by atoms with Crippen LogP contribution in [0.3, 0.4) is 0 Å². The molecule has 0 saturated carbocycles. The van der Waals surface area contributed by atoms with Crippen LogP contribution in [0, 0.1) is 6.92 Å². The van der Waals surface area contributed by atoms with Crippen LogP contribution in [0.1, 0.15) is 11.5 Å². The Morgan fingerprint density at radius 1 is 1.44 bits per heavy atom. The smallest absolute Gasteiger partial charge is 0.260 e. The van der Waals surface area contributed by atoms with Crippen LogP contribution in [0.2, 0.25) is 5.02 Å². The summed E-state index contributed by atoms with van der Waals surface area (Å²) in [6, 6.07) is 7.91. The number of furan rings is 1. The number of rotatable bonds is 6. The minimum absolute atomic E-state index is 0.291. The topological polar surface area (TPSA) is 92.0 Å². The summed E-state index contributed by atoms with van der Waals surface area (Å²) in [5.41, 5.74) is 2.55. The van der Waals surface area contributed by atoms with Crippen molar-refractivity contribution in [1.29, 1.82) is 0 Å². The SMILES string of the molecule is Cc1oc(/C=N\NC(=O)CN(c2cccc(Cl)c2)S(C)(=O)=O)cc1Br. The minimum atomic E-state index is -3.67. The third-order valence-electron chi connectivity index (χ3n) is 3.04. The molecule has 134 valence electrons. The number of amides is 1. The third kappa shape index (κ3) is 5.58. The first-order chi connectivity index (χ1) is 11.7. The lowest BCUT2D eigenvalue weighted by atomic mass is 10.3. The molecule has 1 heterocycles. The van der Waals surface area contributed by atoms with Crippen molar-refractivity contribution in [3.8, 4) is 0 Å². The van der Waals surface area contributed by atoms with Crippen molar-refractivity contribution >= 4 is 55.4 Å². The second kappa shape index (κ2) is 8.03. The first kappa shape index (κ1) is 19.5. The van der Waals surface area contributed by atoms with E-state index in [1.807, 2.05) is 0 Å². The number of hydrogen-bond acceptors (Lipinski definition) is 5. The van der Waals surface area contributed by atoms with Gasteiger partial charge < -0.3 is 4.42 Å². The van der Waals surface area contributed by atoms with E-state index in [1.165, 1.54) is 12.3 Å². The molecule has 2 rings (SSSR count). The van der Waals surface area contributed by atoms with Crippen LogP contribution in [0.15, 0.2) is 44.3 Å². The monoisotopic (exact) mass is 447 g/mol. The van der Waals surface area contributed by atoms with Crippen LogP contribution in [-0.4, -0.2) is 33.3 Å². The third-order valence-corrected chi connectivity index (χ3v) is 5.20. The lowest BCUT2D eigenvalue weighted by Gasteiger charge is -2.21. The zero-order valence-corrected chi connectivity index (χ0v) is 16.5. The van der Waals surface area contributed by atoms with Gasteiger partial charge in [0.15, 0.2) is 0 Å². The maximum atomic E-state index is 12.0. The van der Waals surface area contributed by atoms with Crippen LogP contribution in [0.5, 0.6) is 0 Å². The molecule has 1 aromatic carbocycles. The van der Waals surface area contributed by atoms with Crippen molar-refractivity contribution in [3.63, 3.8) is 0 Å². The zero-order chi connectivity index (χ0) is 18.6. The Kier molecular flexibility index (Phi) is 6.26. The molecule has 0 atom stereocenters. The molecule has 1 N–H and O–H groups in total.